The minimum atomic E-state index is -0.753. The number of nitrogens with one attached hydrogen (secondary N) is 1. The number of phenols is 1. The van der Waals surface area contributed by atoms with E-state index in [-0.39, 0.29) is 34.9 Å². The Labute approximate surface area is 241 Å². The average molecular weight is 561 g/mol. The number of benzene rings is 3. The van der Waals surface area contributed by atoms with Crippen LogP contribution in [0.15, 0.2) is 72.8 Å². The molecule has 0 saturated carbocycles. The van der Waals surface area contributed by atoms with Crippen molar-refractivity contribution < 1.29 is 24.2 Å². The van der Waals surface area contributed by atoms with Crippen molar-refractivity contribution in [1.82, 2.24) is 10.2 Å². The number of ether oxygens (including phenoxy) is 1. The highest BCUT2D eigenvalue weighted by atomic mass is 16.5. The predicted octanol–water partition coefficient (Wildman–Crippen LogP) is 3.64. The van der Waals surface area contributed by atoms with E-state index in [4.69, 9.17) is 16.2 Å². The van der Waals surface area contributed by atoms with E-state index in [9.17, 15) is 19.5 Å². The first-order valence-corrected chi connectivity index (χ1v) is 13.9. The number of amides is 2. The zero-order valence-corrected chi connectivity index (χ0v) is 23.7. The van der Waals surface area contributed by atoms with Gasteiger partial charge in [0.25, 0.3) is 5.91 Å². The molecule has 0 bridgehead atoms. The van der Waals surface area contributed by atoms with Crippen molar-refractivity contribution >= 4 is 17.8 Å². The van der Waals surface area contributed by atoms with Crippen molar-refractivity contribution in [2.45, 2.75) is 51.8 Å². The Bertz CT molecular complexity index is 1290. The molecular formula is C32H40N4O5. The highest BCUT2D eigenvalue weighted by molar-refractivity contribution is 6.03. The Kier molecular flexibility index (Phi) is 11.9. The Morgan fingerprint density at radius 3 is 2.10 bits per heavy atom. The standard InChI is InChI=1S/C32H40N4O5/c1-3-14-36(15-4-2)31(39)25-17-24(30(34)38)18-26(19-25)32(40)41-29(21-35-20-23-8-6-5-7-9-23)28(33)16-22-10-12-27(37)13-11-22/h5-13,17-19,28-29,35,37H,3-4,14-16,20-21,33H2,1-2H3,(H2,34,38). The first kappa shape index (κ1) is 31.3. The smallest absolute Gasteiger partial charge is 0.338 e. The molecule has 2 unspecified atom stereocenters. The molecular weight excluding hydrogens is 520 g/mol. The van der Waals surface area contributed by atoms with Crippen LogP contribution in [0.1, 0.15) is 68.9 Å². The molecule has 0 saturated heterocycles. The summed E-state index contributed by atoms with van der Waals surface area (Å²) in [5.41, 5.74) is 14.3. The fourth-order valence-electron chi connectivity index (χ4n) is 4.52. The molecule has 41 heavy (non-hydrogen) atoms. The normalized spacial score (nSPS) is 12.4. The van der Waals surface area contributed by atoms with E-state index in [1.54, 1.807) is 29.2 Å². The molecule has 218 valence electrons. The number of carbonyl (C=O) groups excluding carboxylic acids is 3. The Hall–Kier alpha value is -4.21. The SMILES string of the molecule is CCCN(CCC)C(=O)c1cc(C(N)=O)cc(C(=O)OC(CNCc2ccccc2)C(N)Cc2ccc(O)cc2)c1. The van der Waals surface area contributed by atoms with Crippen LogP contribution in [0.3, 0.4) is 0 Å². The van der Waals surface area contributed by atoms with Crippen molar-refractivity contribution in [3.63, 3.8) is 0 Å². The van der Waals surface area contributed by atoms with Crippen molar-refractivity contribution in [3.8, 4) is 5.75 Å². The average Bonchev–Trinajstić information content (AvgIpc) is 2.97. The molecule has 0 fully saturated rings. The molecule has 3 aromatic carbocycles. The fourth-order valence-corrected chi connectivity index (χ4v) is 4.52. The topological polar surface area (TPSA) is 148 Å². The van der Waals surface area contributed by atoms with Crippen LogP contribution in [0.5, 0.6) is 5.75 Å². The second-order valence-corrected chi connectivity index (χ2v) is 10.1. The van der Waals surface area contributed by atoms with E-state index in [0.717, 1.165) is 24.0 Å². The van der Waals surface area contributed by atoms with Gasteiger partial charge in [-0.3, -0.25) is 9.59 Å². The van der Waals surface area contributed by atoms with Gasteiger partial charge < -0.3 is 31.5 Å². The summed E-state index contributed by atoms with van der Waals surface area (Å²) in [6.45, 7) is 5.87. The maximum absolute atomic E-state index is 13.4. The van der Waals surface area contributed by atoms with E-state index < -0.39 is 24.0 Å². The van der Waals surface area contributed by atoms with Gasteiger partial charge in [-0.25, -0.2) is 4.79 Å². The molecule has 0 aromatic heterocycles. The minimum absolute atomic E-state index is 0.0440. The van der Waals surface area contributed by atoms with Crippen LogP contribution < -0.4 is 16.8 Å². The Morgan fingerprint density at radius 2 is 1.49 bits per heavy atom. The summed E-state index contributed by atoms with van der Waals surface area (Å²) < 4.78 is 5.90. The van der Waals surface area contributed by atoms with Gasteiger partial charge in [-0.2, -0.15) is 0 Å². The van der Waals surface area contributed by atoms with Gasteiger partial charge in [0.1, 0.15) is 11.9 Å². The highest BCUT2D eigenvalue weighted by Gasteiger charge is 2.25. The summed E-state index contributed by atoms with van der Waals surface area (Å²) in [5, 5.41) is 12.9. The van der Waals surface area contributed by atoms with E-state index in [2.05, 4.69) is 5.32 Å². The summed E-state index contributed by atoms with van der Waals surface area (Å²) >= 11 is 0. The van der Waals surface area contributed by atoms with Crippen molar-refractivity contribution in [1.29, 1.82) is 0 Å². The van der Waals surface area contributed by atoms with Gasteiger partial charge in [-0.15, -0.1) is 0 Å². The molecule has 3 rings (SSSR count). The van der Waals surface area contributed by atoms with Crippen LogP contribution in [0.25, 0.3) is 0 Å². The lowest BCUT2D eigenvalue weighted by atomic mass is 10.0. The van der Waals surface area contributed by atoms with Gasteiger partial charge >= 0.3 is 5.97 Å². The minimum Gasteiger partial charge on any atom is -0.508 e. The first-order chi connectivity index (χ1) is 19.7. The van der Waals surface area contributed by atoms with Gasteiger partial charge in [-0.1, -0.05) is 56.3 Å². The monoisotopic (exact) mass is 560 g/mol. The molecule has 2 atom stereocenters. The predicted molar refractivity (Wildman–Crippen MR) is 159 cm³/mol. The largest absolute Gasteiger partial charge is 0.508 e. The summed E-state index contributed by atoms with van der Waals surface area (Å²) in [5.74, 6) is -1.61. The van der Waals surface area contributed by atoms with Crippen LogP contribution in [-0.4, -0.2) is 59.6 Å². The number of nitrogens with zero attached hydrogens (tertiary/aromatic N) is 1. The van der Waals surface area contributed by atoms with E-state index in [1.165, 1.54) is 18.2 Å². The van der Waals surface area contributed by atoms with Crippen LogP contribution in [0.2, 0.25) is 0 Å². The van der Waals surface area contributed by atoms with E-state index >= 15 is 0 Å². The van der Waals surface area contributed by atoms with Gasteiger partial charge in [-0.05, 0) is 60.7 Å². The summed E-state index contributed by atoms with van der Waals surface area (Å²) in [7, 11) is 0. The summed E-state index contributed by atoms with van der Waals surface area (Å²) in [6.07, 6.45) is 1.19. The zero-order valence-electron chi connectivity index (χ0n) is 23.7. The summed E-state index contributed by atoms with van der Waals surface area (Å²) in [6, 6.07) is 20.1. The van der Waals surface area contributed by atoms with Crippen LogP contribution >= 0.6 is 0 Å². The molecule has 6 N–H and O–H groups in total. The van der Waals surface area contributed by atoms with Crippen molar-refractivity contribution in [2.24, 2.45) is 11.5 Å². The molecule has 0 aliphatic carbocycles. The van der Waals surface area contributed by atoms with Gasteiger partial charge in [0.15, 0.2) is 0 Å². The van der Waals surface area contributed by atoms with Gasteiger partial charge in [0.2, 0.25) is 5.91 Å². The molecule has 0 aliphatic heterocycles. The fraction of sp³-hybridized carbons (Fsp3) is 0.344. The van der Waals surface area contributed by atoms with Gasteiger partial charge in [0.05, 0.1) is 5.56 Å². The number of nitrogens with two attached hydrogens (primary N) is 2. The lowest BCUT2D eigenvalue weighted by molar-refractivity contribution is 0.0238. The van der Waals surface area contributed by atoms with Gasteiger partial charge in [0, 0.05) is 43.3 Å². The molecule has 0 heterocycles. The number of aromatic hydroxyl groups is 1. The zero-order chi connectivity index (χ0) is 29.8. The second kappa shape index (κ2) is 15.5. The van der Waals surface area contributed by atoms with Crippen LogP contribution in [0.4, 0.5) is 0 Å². The molecule has 0 radical (unpaired) electrons. The number of carbonyl (C=O) groups is 3. The number of phenolic OH excluding ortho intramolecular Hbond substituents is 1. The number of hydrogen-bond acceptors (Lipinski definition) is 7. The Balaban J connectivity index is 1.84. The number of primary amides is 1. The number of rotatable bonds is 15. The lowest BCUT2D eigenvalue weighted by Crippen LogP contribution is -2.46. The third kappa shape index (κ3) is 9.44. The molecule has 3 aromatic rings. The molecule has 9 nitrogen and oxygen atoms in total. The molecule has 0 spiro atoms. The van der Waals surface area contributed by atoms with Crippen molar-refractivity contribution in [3.05, 3.63) is 101 Å². The second-order valence-electron chi connectivity index (χ2n) is 10.1. The highest BCUT2D eigenvalue weighted by Crippen LogP contribution is 2.18. The van der Waals surface area contributed by atoms with Crippen molar-refractivity contribution in [2.75, 3.05) is 19.6 Å². The lowest BCUT2D eigenvalue weighted by Gasteiger charge is -2.25. The maximum Gasteiger partial charge on any atom is 0.338 e. The van der Waals surface area contributed by atoms with Crippen LogP contribution in [-0.2, 0) is 17.7 Å². The Morgan fingerprint density at radius 1 is 0.878 bits per heavy atom. The quantitative estimate of drug-likeness (QED) is 0.207. The number of hydrogen-bond donors (Lipinski definition) is 4. The van der Waals surface area contributed by atoms with E-state index in [0.29, 0.717) is 26.1 Å². The van der Waals surface area contributed by atoms with E-state index in [1.807, 2.05) is 44.2 Å². The van der Waals surface area contributed by atoms with Crippen LogP contribution in [0, 0.1) is 0 Å². The molecule has 9 heteroatoms. The summed E-state index contributed by atoms with van der Waals surface area (Å²) in [4.78, 5) is 40.5. The third-order valence-corrected chi connectivity index (χ3v) is 6.64. The maximum atomic E-state index is 13.4. The number of esters is 1. The first-order valence-electron chi connectivity index (χ1n) is 13.9. The molecule has 2 amide bonds. The third-order valence-electron chi connectivity index (χ3n) is 6.64. The molecule has 0 aliphatic rings.